The number of hydrazone groups is 1. The number of nitrogens with zero attached hydrogens (tertiary/aromatic N) is 2. The first-order valence-electron chi connectivity index (χ1n) is 10.2. The Morgan fingerprint density at radius 3 is 2.42 bits per heavy atom. The Labute approximate surface area is 197 Å². The Balaban J connectivity index is 1.66. The first-order chi connectivity index (χ1) is 14.8. The van der Waals surface area contributed by atoms with E-state index in [-0.39, 0.29) is 5.91 Å². The molecule has 1 amide bonds. The monoisotopic (exact) mass is 497 g/mol. The topological polar surface area (TPSA) is 46.4 Å². The van der Waals surface area contributed by atoms with Gasteiger partial charge in [-0.05, 0) is 84.9 Å². The Morgan fingerprint density at radius 2 is 1.74 bits per heavy atom. The van der Waals surface area contributed by atoms with Crippen LogP contribution in [0, 0.1) is 34.6 Å². The molecule has 0 saturated heterocycles. The highest BCUT2D eigenvalue weighted by atomic mass is 79.9. The number of nitrogens with one attached hydrogen (secondary N) is 1. The molecule has 0 bridgehead atoms. The van der Waals surface area contributed by atoms with Crippen LogP contribution in [0.15, 0.2) is 52.0 Å². The Morgan fingerprint density at radius 1 is 1.06 bits per heavy atom. The normalized spacial score (nSPS) is 11.3. The average Bonchev–Trinajstić information content (AvgIpc) is 2.92. The minimum atomic E-state index is -0.103. The van der Waals surface area contributed by atoms with Gasteiger partial charge in [0.05, 0.1) is 12.0 Å². The van der Waals surface area contributed by atoms with E-state index in [1.807, 2.05) is 12.1 Å². The number of thioether (sulfide) groups is 1. The molecule has 4 nitrogen and oxygen atoms in total. The van der Waals surface area contributed by atoms with Gasteiger partial charge in [-0.25, -0.2) is 5.43 Å². The number of amides is 1. The van der Waals surface area contributed by atoms with Gasteiger partial charge in [0, 0.05) is 32.9 Å². The molecule has 31 heavy (non-hydrogen) atoms. The lowest BCUT2D eigenvalue weighted by Crippen LogP contribution is -2.19. The van der Waals surface area contributed by atoms with Gasteiger partial charge in [-0.2, -0.15) is 5.10 Å². The summed E-state index contributed by atoms with van der Waals surface area (Å²) in [5.41, 5.74) is 11.9. The van der Waals surface area contributed by atoms with Crippen LogP contribution in [-0.4, -0.2) is 22.4 Å². The summed E-state index contributed by atoms with van der Waals surface area (Å²) >= 11 is 5.29. The molecule has 0 spiro atoms. The maximum Gasteiger partial charge on any atom is 0.250 e. The van der Waals surface area contributed by atoms with Gasteiger partial charge < -0.3 is 4.57 Å². The number of hydrogen-bond acceptors (Lipinski definition) is 3. The Hall–Kier alpha value is -2.31. The average molecular weight is 498 g/mol. The number of halogens is 1. The van der Waals surface area contributed by atoms with E-state index in [9.17, 15) is 4.79 Å². The van der Waals surface area contributed by atoms with Crippen LogP contribution >= 0.6 is 27.7 Å². The minimum absolute atomic E-state index is 0.103. The third kappa shape index (κ3) is 5.69. The summed E-state index contributed by atoms with van der Waals surface area (Å²) in [6, 6.07) is 14.8. The van der Waals surface area contributed by atoms with Crippen molar-refractivity contribution in [2.45, 2.75) is 40.4 Å². The lowest BCUT2D eigenvalue weighted by atomic mass is 10.1. The van der Waals surface area contributed by atoms with Gasteiger partial charge in [0.2, 0.25) is 5.91 Å². The fourth-order valence-corrected chi connectivity index (χ4v) is 5.13. The number of aromatic nitrogens is 1. The molecule has 2 aromatic carbocycles. The van der Waals surface area contributed by atoms with Crippen molar-refractivity contribution < 1.29 is 4.79 Å². The molecular formula is C25H28BrN3OS. The molecule has 6 heteroatoms. The molecule has 162 valence electrons. The molecule has 3 aromatic rings. The number of carbonyl (C=O) groups is 1. The van der Waals surface area contributed by atoms with Crippen molar-refractivity contribution in [2.75, 3.05) is 5.75 Å². The van der Waals surface area contributed by atoms with Gasteiger partial charge in [0.25, 0.3) is 0 Å². The third-order valence-electron chi connectivity index (χ3n) is 5.21. The van der Waals surface area contributed by atoms with Crippen LogP contribution in [0.4, 0.5) is 0 Å². The summed E-state index contributed by atoms with van der Waals surface area (Å²) in [4.78, 5) is 12.2. The summed E-state index contributed by atoms with van der Waals surface area (Å²) in [5, 5.41) is 4.21. The van der Waals surface area contributed by atoms with Crippen molar-refractivity contribution in [3.63, 3.8) is 0 Å². The first-order valence-corrected chi connectivity index (χ1v) is 12.1. The summed E-state index contributed by atoms with van der Waals surface area (Å²) in [7, 11) is 0. The van der Waals surface area contributed by atoms with Gasteiger partial charge in [0.1, 0.15) is 0 Å². The van der Waals surface area contributed by atoms with E-state index in [0.717, 1.165) is 32.9 Å². The summed E-state index contributed by atoms with van der Waals surface area (Å²) in [6.45, 7) is 10.4. The number of carbonyl (C=O) groups excluding carboxylic acids is 1. The second-order valence-electron chi connectivity index (χ2n) is 7.79. The van der Waals surface area contributed by atoms with E-state index in [2.05, 4.69) is 96.0 Å². The van der Waals surface area contributed by atoms with E-state index < -0.39 is 0 Å². The van der Waals surface area contributed by atoms with Gasteiger partial charge in [0.15, 0.2) is 0 Å². The highest BCUT2D eigenvalue weighted by Gasteiger charge is 2.16. The maximum absolute atomic E-state index is 12.2. The number of hydrogen-bond donors (Lipinski definition) is 1. The van der Waals surface area contributed by atoms with E-state index in [0.29, 0.717) is 5.75 Å². The van der Waals surface area contributed by atoms with Crippen LogP contribution in [0.5, 0.6) is 0 Å². The Bertz CT molecular complexity index is 1110. The second kappa shape index (κ2) is 10.3. The van der Waals surface area contributed by atoms with Crippen LogP contribution in [0.2, 0.25) is 0 Å². The first kappa shape index (κ1) is 23.4. The lowest BCUT2D eigenvalue weighted by Gasteiger charge is -2.11. The molecule has 1 N–H and O–H groups in total. The summed E-state index contributed by atoms with van der Waals surface area (Å²) in [6.07, 6.45) is 1.72. The van der Waals surface area contributed by atoms with E-state index in [1.165, 1.54) is 22.3 Å². The molecule has 0 unspecified atom stereocenters. The highest BCUT2D eigenvalue weighted by molar-refractivity contribution is 9.10. The second-order valence-corrected chi connectivity index (χ2v) is 9.57. The molecule has 0 aliphatic carbocycles. The predicted octanol–water partition coefficient (Wildman–Crippen LogP) is 6.17. The zero-order valence-electron chi connectivity index (χ0n) is 18.6. The molecule has 0 aliphatic heterocycles. The van der Waals surface area contributed by atoms with Crippen LogP contribution in [-0.2, 0) is 10.5 Å². The van der Waals surface area contributed by atoms with E-state index in [4.69, 9.17) is 0 Å². The molecule has 0 radical (unpaired) electrons. The molecule has 0 saturated carbocycles. The molecule has 1 heterocycles. The SMILES string of the molecule is Cc1cc(C)cc(-n2c(C)c(Br)c(/C=N\NC(=O)CSCc3ccccc3C)c2C)c1. The number of rotatable bonds is 7. The van der Waals surface area contributed by atoms with Crippen LogP contribution in [0.3, 0.4) is 0 Å². The maximum atomic E-state index is 12.2. The number of benzene rings is 2. The van der Waals surface area contributed by atoms with E-state index >= 15 is 0 Å². The van der Waals surface area contributed by atoms with Gasteiger partial charge >= 0.3 is 0 Å². The van der Waals surface area contributed by atoms with Crippen molar-refractivity contribution in [3.05, 3.63) is 86.1 Å². The van der Waals surface area contributed by atoms with Crippen LogP contribution in [0.1, 0.15) is 39.2 Å². The molecular weight excluding hydrogens is 470 g/mol. The standard InChI is InChI=1S/C25H28BrN3OS/c1-16-10-17(2)12-22(11-16)29-19(4)23(25(26)20(29)5)13-27-28-24(30)15-31-14-21-9-7-6-8-18(21)3/h6-13H,14-15H2,1-5H3,(H,28,30)/b27-13-. The van der Waals surface area contributed by atoms with Crippen molar-refractivity contribution in [1.82, 2.24) is 9.99 Å². The van der Waals surface area contributed by atoms with Crippen LogP contribution in [0.25, 0.3) is 5.69 Å². The largest absolute Gasteiger partial charge is 0.317 e. The zero-order valence-corrected chi connectivity index (χ0v) is 21.0. The quantitative estimate of drug-likeness (QED) is 0.313. The minimum Gasteiger partial charge on any atom is -0.317 e. The molecule has 0 fully saturated rings. The predicted molar refractivity (Wildman–Crippen MR) is 135 cm³/mol. The molecule has 0 atom stereocenters. The Kier molecular flexibility index (Phi) is 7.79. The lowest BCUT2D eigenvalue weighted by molar-refractivity contribution is -0.118. The molecule has 1 aromatic heterocycles. The van der Waals surface area contributed by atoms with Gasteiger partial charge in [-0.1, -0.05) is 30.3 Å². The van der Waals surface area contributed by atoms with Gasteiger partial charge in [-0.3, -0.25) is 4.79 Å². The smallest absolute Gasteiger partial charge is 0.250 e. The zero-order chi connectivity index (χ0) is 22.5. The van der Waals surface area contributed by atoms with Gasteiger partial charge in [-0.15, -0.1) is 11.8 Å². The third-order valence-corrected chi connectivity index (χ3v) is 7.20. The van der Waals surface area contributed by atoms with Crippen molar-refractivity contribution in [3.8, 4) is 5.69 Å². The highest BCUT2D eigenvalue weighted by Crippen LogP contribution is 2.30. The van der Waals surface area contributed by atoms with E-state index in [1.54, 1.807) is 18.0 Å². The summed E-state index contributed by atoms with van der Waals surface area (Å²) in [5.74, 6) is 1.08. The summed E-state index contributed by atoms with van der Waals surface area (Å²) < 4.78 is 3.20. The fourth-order valence-electron chi connectivity index (χ4n) is 3.67. The van der Waals surface area contributed by atoms with Crippen LogP contribution < -0.4 is 5.43 Å². The number of aryl methyl sites for hydroxylation is 3. The molecule has 0 aliphatic rings. The fraction of sp³-hybridized carbons (Fsp3) is 0.280. The molecule has 3 rings (SSSR count). The van der Waals surface area contributed by atoms with Crippen molar-refractivity contribution in [1.29, 1.82) is 0 Å². The van der Waals surface area contributed by atoms with Crippen molar-refractivity contribution >= 4 is 39.8 Å². The van der Waals surface area contributed by atoms with Crippen molar-refractivity contribution in [2.24, 2.45) is 5.10 Å².